The van der Waals surface area contributed by atoms with Gasteiger partial charge in [-0.3, -0.25) is 15.0 Å². The van der Waals surface area contributed by atoms with E-state index in [2.05, 4.69) is 5.43 Å². The zero-order valence-corrected chi connectivity index (χ0v) is 8.29. The number of hydrogen-bond acceptors (Lipinski definition) is 3. The van der Waals surface area contributed by atoms with Gasteiger partial charge < -0.3 is 4.90 Å². The Morgan fingerprint density at radius 1 is 1.43 bits per heavy atom. The van der Waals surface area contributed by atoms with Crippen molar-refractivity contribution in [2.24, 2.45) is 5.84 Å². The van der Waals surface area contributed by atoms with Crippen LogP contribution in [0.15, 0.2) is 0 Å². The number of hydrogen-bond donors (Lipinski definition) is 2. The third-order valence-electron chi connectivity index (χ3n) is 2.44. The van der Waals surface area contributed by atoms with Crippen molar-refractivity contribution in [3.8, 4) is 0 Å². The Bertz CT molecular complexity index is 218. The number of hydrazine groups is 1. The minimum atomic E-state index is -0.220. The Kier molecular flexibility index (Phi) is 4.39. The molecule has 0 unspecified atom stereocenters. The van der Waals surface area contributed by atoms with Gasteiger partial charge >= 0.3 is 0 Å². The van der Waals surface area contributed by atoms with Crippen LogP contribution in [0.1, 0.15) is 32.1 Å². The van der Waals surface area contributed by atoms with E-state index in [0.717, 1.165) is 25.8 Å². The van der Waals surface area contributed by atoms with E-state index in [0.29, 0.717) is 19.4 Å². The van der Waals surface area contributed by atoms with E-state index in [1.165, 1.54) is 0 Å². The molecule has 5 nitrogen and oxygen atoms in total. The molecule has 14 heavy (non-hydrogen) atoms. The molecule has 0 aromatic rings. The Hall–Kier alpha value is -1.10. The first-order valence-corrected chi connectivity index (χ1v) is 5.01. The molecule has 3 N–H and O–H groups in total. The van der Waals surface area contributed by atoms with Crippen LogP contribution < -0.4 is 11.3 Å². The van der Waals surface area contributed by atoms with Crippen LogP contribution in [0.25, 0.3) is 0 Å². The molecule has 1 aliphatic rings. The first-order chi connectivity index (χ1) is 6.74. The number of rotatable bonds is 3. The van der Waals surface area contributed by atoms with Crippen molar-refractivity contribution in [2.45, 2.75) is 32.1 Å². The van der Waals surface area contributed by atoms with Gasteiger partial charge in [0.15, 0.2) is 0 Å². The molecule has 1 heterocycles. The van der Waals surface area contributed by atoms with Gasteiger partial charge in [-0.05, 0) is 12.8 Å². The second-order valence-electron chi connectivity index (χ2n) is 3.51. The molecule has 0 atom stereocenters. The third-order valence-corrected chi connectivity index (χ3v) is 2.44. The summed E-state index contributed by atoms with van der Waals surface area (Å²) in [5.41, 5.74) is 2.06. The van der Waals surface area contributed by atoms with Gasteiger partial charge in [0.2, 0.25) is 11.8 Å². The predicted molar refractivity (Wildman–Crippen MR) is 52.0 cm³/mol. The summed E-state index contributed by atoms with van der Waals surface area (Å²) in [6.45, 7) is 1.26. The van der Waals surface area contributed by atoms with Gasteiger partial charge in [-0.1, -0.05) is 6.42 Å². The Morgan fingerprint density at radius 2 is 2.21 bits per heavy atom. The molecule has 1 rings (SSSR count). The van der Waals surface area contributed by atoms with E-state index < -0.39 is 0 Å². The molecule has 0 saturated carbocycles. The molecule has 0 spiro atoms. The lowest BCUT2D eigenvalue weighted by Crippen LogP contribution is -2.36. The van der Waals surface area contributed by atoms with Gasteiger partial charge in [-0.25, -0.2) is 5.84 Å². The third kappa shape index (κ3) is 3.33. The highest BCUT2D eigenvalue weighted by Gasteiger charge is 2.16. The summed E-state index contributed by atoms with van der Waals surface area (Å²) in [6, 6.07) is 0. The summed E-state index contributed by atoms with van der Waals surface area (Å²) in [6.07, 6.45) is 4.02. The SMILES string of the molecule is NNC(=O)CCN1CCCCCC1=O. The van der Waals surface area contributed by atoms with Crippen LogP contribution >= 0.6 is 0 Å². The van der Waals surface area contributed by atoms with Crippen LogP contribution in [0.4, 0.5) is 0 Å². The zero-order valence-electron chi connectivity index (χ0n) is 8.29. The number of amides is 2. The molecule has 1 aliphatic heterocycles. The van der Waals surface area contributed by atoms with Gasteiger partial charge in [0, 0.05) is 25.9 Å². The van der Waals surface area contributed by atoms with E-state index in [9.17, 15) is 9.59 Å². The molecule has 0 aromatic carbocycles. The lowest BCUT2D eigenvalue weighted by atomic mass is 10.2. The molecule has 0 aromatic heterocycles. The Balaban J connectivity index is 2.33. The maximum absolute atomic E-state index is 11.5. The maximum atomic E-state index is 11.5. The number of nitrogens with zero attached hydrogens (tertiary/aromatic N) is 1. The molecule has 0 aliphatic carbocycles. The van der Waals surface area contributed by atoms with Crippen molar-refractivity contribution < 1.29 is 9.59 Å². The molecule has 1 saturated heterocycles. The van der Waals surface area contributed by atoms with Crippen LogP contribution in [-0.4, -0.2) is 29.8 Å². The minimum absolute atomic E-state index is 0.160. The summed E-state index contributed by atoms with van der Waals surface area (Å²) >= 11 is 0. The topological polar surface area (TPSA) is 75.4 Å². The lowest BCUT2D eigenvalue weighted by molar-refractivity contribution is -0.131. The molecule has 0 radical (unpaired) electrons. The molecule has 0 bridgehead atoms. The summed E-state index contributed by atoms with van der Waals surface area (Å²) in [7, 11) is 0. The quantitative estimate of drug-likeness (QED) is 0.374. The number of likely N-dealkylation sites (tertiary alicyclic amines) is 1. The van der Waals surface area contributed by atoms with E-state index in [-0.39, 0.29) is 11.8 Å². The van der Waals surface area contributed by atoms with Crippen molar-refractivity contribution in [1.29, 1.82) is 0 Å². The minimum Gasteiger partial charge on any atom is -0.342 e. The summed E-state index contributed by atoms with van der Waals surface area (Å²) < 4.78 is 0. The standard InChI is InChI=1S/C9H17N3O2/c10-11-8(13)5-7-12-6-3-1-2-4-9(12)14/h1-7,10H2,(H,11,13). The van der Waals surface area contributed by atoms with Crippen LogP contribution in [0.3, 0.4) is 0 Å². The van der Waals surface area contributed by atoms with Gasteiger partial charge in [0.25, 0.3) is 0 Å². The molecule has 5 heteroatoms. The highest BCUT2D eigenvalue weighted by atomic mass is 16.2. The summed E-state index contributed by atoms with van der Waals surface area (Å²) in [4.78, 5) is 24.1. The number of carbonyl (C=O) groups is 2. The highest BCUT2D eigenvalue weighted by Crippen LogP contribution is 2.11. The van der Waals surface area contributed by atoms with Crippen LogP contribution in [0, 0.1) is 0 Å². The van der Waals surface area contributed by atoms with Gasteiger partial charge in [-0.2, -0.15) is 0 Å². The Labute approximate surface area is 83.6 Å². The number of nitrogens with one attached hydrogen (secondary N) is 1. The van der Waals surface area contributed by atoms with E-state index >= 15 is 0 Å². The molecular formula is C9H17N3O2. The molecule has 2 amide bonds. The van der Waals surface area contributed by atoms with Gasteiger partial charge in [0.1, 0.15) is 0 Å². The Morgan fingerprint density at radius 3 is 2.93 bits per heavy atom. The summed E-state index contributed by atoms with van der Waals surface area (Å²) in [5, 5.41) is 0. The normalized spacial score (nSPS) is 17.8. The molecule has 1 fully saturated rings. The average Bonchev–Trinajstić information content (AvgIpc) is 2.39. The summed E-state index contributed by atoms with van der Waals surface area (Å²) in [5.74, 6) is 4.89. The lowest BCUT2D eigenvalue weighted by Gasteiger charge is -2.19. The van der Waals surface area contributed by atoms with Crippen LogP contribution in [0.2, 0.25) is 0 Å². The van der Waals surface area contributed by atoms with Crippen molar-refractivity contribution in [3.63, 3.8) is 0 Å². The first kappa shape index (κ1) is 11.0. The zero-order chi connectivity index (χ0) is 10.4. The van der Waals surface area contributed by atoms with Gasteiger partial charge in [0.05, 0.1) is 0 Å². The van der Waals surface area contributed by atoms with Crippen molar-refractivity contribution >= 4 is 11.8 Å². The molecular weight excluding hydrogens is 182 g/mol. The van der Waals surface area contributed by atoms with Crippen molar-refractivity contribution in [3.05, 3.63) is 0 Å². The molecule has 80 valence electrons. The van der Waals surface area contributed by atoms with Crippen LogP contribution in [-0.2, 0) is 9.59 Å². The van der Waals surface area contributed by atoms with E-state index in [1.54, 1.807) is 4.90 Å². The number of nitrogens with two attached hydrogens (primary N) is 1. The predicted octanol–water partition coefficient (Wildman–Crippen LogP) is -0.231. The average molecular weight is 199 g/mol. The fourth-order valence-corrected chi connectivity index (χ4v) is 1.58. The van der Waals surface area contributed by atoms with E-state index in [1.807, 2.05) is 0 Å². The monoisotopic (exact) mass is 199 g/mol. The van der Waals surface area contributed by atoms with E-state index in [4.69, 9.17) is 5.84 Å². The van der Waals surface area contributed by atoms with Crippen LogP contribution in [0.5, 0.6) is 0 Å². The first-order valence-electron chi connectivity index (χ1n) is 5.01. The second-order valence-corrected chi connectivity index (χ2v) is 3.51. The van der Waals surface area contributed by atoms with Gasteiger partial charge in [-0.15, -0.1) is 0 Å². The fourth-order valence-electron chi connectivity index (χ4n) is 1.58. The van der Waals surface area contributed by atoms with Crippen molar-refractivity contribution in [1.82, 2.24) is 10.3 Å². The second kappa shape index (κ2) is 5.59. The smallest absolute Gasteiger partial charge is 0.235 e. The highest BCUT2D eigenvalue weighted by molar-refractivity contribution is 5.78. The largest absolute Gasteiger partial charge is 0.342 e. The maximum Gasteiger partial charge on any atom is 0.235 e. The number of carbonyl (C=O) groups excluding carboxylic acids is 2. The van der Waals surface area contributed by atoms with Crippen molar-refractivity contribution in [2.75, 3.05) is 13.1 Å². The fraction of sp³-hybridized carbons (Fsp3) is 0.778.